The van der Waals surface area contributed by atoms with Crippen molar-refractivity contribution in [2.45, 2.75) is 0 Å². The van der Waals surface area contributed by atoms with E-state index in [-0.39, 0.29) is 0 Å². The van der Waals surface area contributed by atoms with Gasteiger partial charge in [0.05, 0.1) is 17.6 Å². The summed E-state index contributed by atoms with van der Waals surface area (Å²) in [6.45, 7) is 0. The predicted octanol–water partition coefficient (Wildman–Crippen LogP) is 2.83. The normalized spacial score (nSPS) is 10.9. The Hall–Kier alpha value is -2.03. The largest absolute Gasteiger partial charge is 0.378 e. The van der Waals surface area contributed by atoms with Gasteiger partial charge in [0, 0.05) is 26.0 Å². The molecule has 1 N–H and O–H groups in total. The fraction of sp³-hybridized carbons (Fsp3) is 0.154. The fourth-order valence-electron chi connectivity index (χ4n) is 1.41. The lowest BCUT2D eigenvalue weighted by Crippen LogP contribution is -2.07. The molecule has 82 valence electrons. The Balaban J connectivity index is 2.11. The number of nitrogens with one attached hydrogen (secondary N) is 1. The van der Waals surface area contributed by atoms with Crippen molar-refractivity contribution >= 4 is 17.6 Å². The third-order valence-electron chi connectivity index (χ3n) is 2.34. The number of hydrogen-bond acceptors (Lipinski definition) is 2. The van der Waals surface area contributed by atoms with Crippen molar-refractivity contribution < 1.29 is 0 Å². The van der Waals surface area contributed by atoms with Crippen molar-refractivity contribution in [3.63, 3.8) is 0 Å². The minimum atomic E-state index is 0.959. The van der Waals surface area contributed by atoms with E-state index in [9.17, 15) is 0 Å². The van der Waals surface area contributed by atoms with E-state index in [4.69, 9.17) is 0 Å². The Labute approximate surface area is 95.4 Å². The predicted molar refractivity (Wildman–Crippen MR) is 68.8 cm³/mol. The van der Waals surface area contributed by atoms with E-state index >= 15 is 0 Å². The summed E-state index contributed by atoms with van der Waals surface area (Å²) in [6.07, 6.45) is 3.71. The molecule has 1 heterocycles. The Bertz CT molecular complexity index is 452. The van der Waals surface area contributed by atoms with Crippen molar-refractivity contribution in [3.05, 3.63) is 48.3 Å². The highest BCUT2D eigenvalue weighted by Crippen LogP contribution is 2.17. The molecule has 1 aromatic heterocycles. The smallest absolute Gasteiger partial charge is 0.0632 e. The van der Waals surface area contributed by atoms with Crippen LogP contribution in [0.25, 0.3) is 0 Å². The standard InChI is InChI=1S/C13H15N3/c1-16(2)13-7-5-11(6-8-13)15-10-12-4-3-9-14-12/h3-10,14H,1-2H3/b15-10+. The third kappa shape index (κ3) is 2.51. The van der Waals surface area contributed by atoms with Gasteiger partial charge in [-0.05, 0) is 36.4 Å². The summed E-state index contributed by atoms with van der Waals surface area (Å²) < 4.78 is 0. The summed E-state index contributed by atoms with van der Waals surface area (Å²) in [4.78, 5) is 9.52. The highest BCUT2D eigenvalue weighted by atomic mass is 15.1. The van der Waals surface area contributed by atoms with Gasteiger partial charge in [-0.3, -0.25) is 4.99 Å². The molecular weight excluding hydrogens is 198 g/mol. The van der Waals surface area contributed by atoms with Gasteiger partial charge in [-0.1, -0.05) is 0 Å². The monoisotopic (exact) mass is 213 g/mol. The zero-order valence-electron chi connectivity index (χ0n) is 9.51. The van der Waals surface area contributed by atoms with Crippen molar-refractivity contribution in [1.82, 2.24) is 4.98 Å². The van der Waals surface area contributed by atoms with Crippen LogP contribution in [0.15, 0.2) is 47.6 Å². The number of hydrogen-bond donors (Lipinski definition) is 1. The summed E-state index contributed by atoms with van der Waals surface area (Å²) in [5.41, 5.74) is 3.15. The van der Waals surface area contributed by atoms with E-state index in [1.54, 1.807) is 0 Å². The molecule has 0 amide bonds. The van der Waals surface area contributed by atoms with E-state index in [0.29, 0.717) is 0 Å². The Morgan fingerprint density at radius 2 is 1.88 bits per heavy atom. The summed E-state index contributed by atoms with van der Waals surface area (Å²) in [7, 11) is 4.05. The molecule has 0 spiro atoms. The van der Waals surface area contributed by atoms with Gasteiger partial charge >= 0.3 is 0 Å². The second-order valence-corrected chi connectivity index (χ2v) is 3.79. The first-order chi connectivity index (χ1) is 7.75. The molecule has 0 bridgehead atoms. The highest BCUT2D eigenvalue weighted by molar-refractivity contribution is 5.79. The maximum atomic E-state index is 4.37. The zero-order chi connectivity index (χ0) is 11.4. The highest BCUT2D eigenvalue weighted by Gasteiger charge is 1.94. The summed E-state index contributed by atoms with van der Waals surface area (Å²) in [6, 6.07) is 12.1. The maximum Gasteiger partial charge on any atom is 0.0632 e. The molecule has 16 heavy (non-hydrogen) atoms. The van der Waals surface area contributed by atoms with Crippen LogP contribution in [0.5, 0.6) is 0 Å². The first kappa shape index (κ1) is 10.5. The van der Waals surface area contributed by atoms with E-state index in [2.05, 4.69) is 27.0 Å². The van der Waals surface area contributed by atoms with Crippen LogP contribution in [0.3, 0.4) is 0 Å². The van der Waals surface area contributed by atoms with Crippen LogP contribution in [0.4, 0.5) is 11.4 Å². The van der Waals surface area contributed by atoms with Gasteiger partial charge in [0.2, 0.25) is 0 Å². The molecule has 1 aromatic carbocycles. The van der Waals surface area contributed by atoms with Gasteiger partial charge in [0.1, 0.15) is 0 Å². The second kappa shape index (κ2) is 4.66. The van der Waals surface area contributed by atoms with E-state index in [1.807, 2.05) is 50.8 Å². The van der Waals surface area contributed by atoms with Crippen molar-refractivity contribution in [3.8, 4) is 0 Å². The molecule has 0 saturated heterocycles. The molecule has 3 heteroatoms. The number of H-pyrrole nitrogens is 1. The third-order valence-corrected chi connectivity index (χ3v) is 2.34. The Kier molecular flexibility index (Phi) is 3.05. The molecule has 0 atom stereocenters. The van der Waals surface area contributed by atoms with Crippen molar-refractivity contribution in [2.24, 2.45) is 4.99 Å². The van der Waals surface area contributed by atoms with Crippen LogP contribution in [0.2, 0.25) is 0 Å². The van der Waals surface area contributed by atoms with Gasteiger partial charge in [-0.25, -0.2) is 0 Å². The SMILES string of the molecule is CN(C)c1ccc(/N=C/c2ccc[nH]2)cc1. The fourth-order valence-corrected chi connectivity index (χ4v) is 1.41. The van der Waals surface area contributed by atoms with E-state index in [1.165, 1.54) is 5.69 Å². The molecule has 0 aliphatic carbocycles. The summed E-state index contributed by atoms with van der Waals surface area (Å²) in [5, 5.41) is 0. The molecule has 0 saturated carbocycles. The molecule has 0 aliphatic heterocycles. The van der Waals surface area contributed by atoms with Gasteiger partial charge in [-0.15, -0.1) is 0 Å². The molecule has 0 radical (unpaired) electrons. The topological polar surface area (TPSA) is 31.4 Å². The Morgan fingerprint density at radius 1 is 1.12 bits per heavy atom. The minimum Gasteiger partial charge on any atom is -0.378 e. The molecule has 3 nitrogen and oxygen atoms in total. The average Bonchev–Trinajstić information content (AvgIpc) is 2.80. The number of aliphatic imine (C=N–C) groups is 1. The van der Waals surface area contributed by atoms with Gasteiger partial charge in [0.25, 0.3) is 0 Å². The summed E-state index contributed by atoms with van der Waals surface area (Å²) >= 11 is 0. The lowest BCUT2D eigenvalue weighted by atomic mass is 10.3. The first-order valence-corrected chi connectivity index (χ1v) is 5.20. The molecule has 2 aromatic rings. The number of anilines is 1. The first-order valence-electron chi connectivity index (χ1n) is 5.20. The second-order valence-electron chi connectivity index (χ2n) is 3.79. The van der Waals surface area contributed by atoms with E-state index in [0.717, 1.165) is 11.4 Å². The minimum absolute atomic E-state index is 0.959. The van der Waals surface area contributed by atoms with Crippen LogP contribution in [0, 0.1) is 0 Å². The number of aromatic nitrogens is 1. The average molecular weight is 213 g/mol. The van der Waals surface area contributed by atoms with Crippen LogP contribution < -0.4 is 4.90 Å². The number of aromatic amines is 1. The van der Waals surface area contributed by atoms with Gasteiger partial charge in [0.15, 0.2) is 0 Å². The lowest BCUT2D eigenvalue weighted by molar-refractivity contribution is 1.13. The van der Waals surface area contributed by atoms with Crippen molar-refractivity contribution in [1.29, 1.82) is 0 Å². The number of nitrogens with zero attached hydrogens (tertiary/aromatic N) is 2. The lowest BCUT2D eigenvalue weighted by Gasteiger charge is -2.11. The van der Waals surface area contributed by atoms with Crippen LogP contribution in [-0.4, -0.2) is 25.3 Å². The van der Waals surface area contributed by atoms with Crippen LogP contribution in [0.1, 0.15) is 5.69 Å². The number of rotatable bonds is 3. The van der Waals surface area contributed by atoms with Gasteiger partial charge < -0.3 is 9.88 Å². The van der Waals surface area contributed by atoms with Crippen molar-refractivity contribution in [2.75, 3.05) is 19.0 Å². The quantitative estimate of drug-likeness (QED) is 0.781. The van der Waals surface area contributed by atoms with Crippen LogP contribution in [-0.2, 0) is 0 Å². The maximum absolute atomic E-state index is 4.37. The molecular formula is C13H15N3. The molecule has 2 rings (SSSR count). The zero-order valence-corrected chi connectivity index (χ0v) is 9.51. The molecule has 0 fully saturated rings. The molecule has 0 aliphatic rings. The Morgan fingerprint density at radius 3 is 2.44 bits per heavy atom. The van der Waals surface area contributed by atoms with Crippen LogP contribution >= 0.6 is 0 Å². The van der Waals surface area contributed by atoms with E-state index < -0.39 is 0 Å². The molecule has 0 unspecified atom stereocenters. The van der Waals surface area contributed by atoms with Gasteiger partial charge in [-0.2, -0.15) is 0 Å². The summed E-state index contributed by atoms with van der Waals surface area (Å²) in [5.74, 6) is 0. The number of benzene rings is 1.